The number of allylic oxidation sites excluding steroid dienone is 1. The molecule has 8 heteroatoms. The molecule has 3 rings (SSSR count). The zero-order valence-corrected chi connectivity index (χ0v) is 12.2. The first-order valence-electron chi connectivity index (χ1n) is 6.96. The third-order valence-electron chi connectivity index (χ3n) is 3.82. The van der Waals surface area contributed by atoms with Crippen molar-refractivity contribution in [3.05, 3.63) is 62.7 Å². The van der Waals surface area contributed by atoms with Crippen LogP contribution in [-0.2, 0) is 6.42 Å². The molecule has 0 spiro atoms. The Morgan fingerprint density at radius 1 is 1.52 bits per heavy atom. The largest absolute Gasteiger partial charge is 0.420 e. The molecule has 116 valence electrons. The summed E-state index contributed by atoms with van der Waals surface area (Å²) in [5.74, 6) is -0.516. The number of nitrogens with zero attached hydrogens (tertiary/aromatic N) is 3. The van der Waals surface area contributed by atoms with E-state index in [0.29, 0.717) is 17.5 Å². The summed E-state index contributed by atoms with van der Waals surface area (Å²) in [6.07, 6.45) is 0.613. The summed E-state index contributed by atoms with van der Waals surface area (Å²) in [7, 11) is 0. The number of aromatic amines is 1. The SMILES string of the molecule is CCc1[nH]nc2c1[C@@H](c1ccccc1[N+](=O)[O-])C(C#N)=C(N)O2. The number of hydrogen-bond donors (Lipinski definition) is 2. The van der Waals surface area contributed by atoms with Crippen LogP contribution in [0.25, 0.3) is 0 Å². The van der Waals surface area contributed by atoms with Gasteiger partial charge in [-0.25, -0.2) is 0 Å². The Kier molecular flexibility index (Phi) is 3.46. The van der Waals surface area contributed by atoms with Crippen molar-refractivity contribution in [3.63, 3.8) is 0 Å². The van der Waals surface area contributed by atoms with Gasteiger partial charge < -0.3 is 10.5 Å². The lowest BCUT2D eigenvalue weighted by atomic mass is 9.83. The van der Waals surface area contributed by atoms with Gasteiger partial charge in [-0.3, -0.25) is 15.2 Å². The molecular formula is C15H13N5O3. The maximum Gasteiger partial charge on any atom is 0.273 e. The normalized spacial score (nSPS) is 16.4. The van der Waals surface area contributed by atoms with E-state index < -0.39 is 10.8 Å². The second kappa shape index (κ2) is 5.46. The topological polar surface area (TPSA) is 131 Å². The monoisotopic (exact) mass is 311 g/mol. The zero-order valence-electron chi connectivity index (χ0n) is 12.2. The molecule has 2 heterocycles. The van der Waals surface area contributed by atoms with E-state index in [9.17, 15) is 15.4 Å². The Bertz CT molecular complexity index is 862. The van der Waals surface area contributed by atoms with E-state index in [1.165, 1.54) is 6.07 Å². The van der Waals surface area contributed by atoms with E-state index in [4.69, 9.17) is 10.5 Å². The lowest BCUT2D eigenvalue weighted by molar-refractivity contribution is -0.385. The average molecular weight is 311 g/mol. The Labute approximate surface area is 131 Å². The van der Waals surface area contributed by atoms with E-state index >= 15 is 0 Å². The van der Waals surface area contributed by atoms with Crippen LogP contribution in [0.5, 0.6) is 5.88 Å². The number of nitro groups is 1. The molecule has 0 saturated heterocycles. The number of ether oxygens (including phenoxy) is 1. The van der Waals surface area contributed by atoms with Crippen LogP contribution in [0, 0.1) is 21.4 Å². The summed E-state index contributed by atoms with van der Waals surface area (Å²) in [5.41, 5.74) is 7.64. The molecule has 23 heavy (non-hydrogen) atoms. The van der Waals surface area contributed by atoms with Crippen molar-refractivity contribution < 1.29 is 9.66 Å². The van der Waals surface area contributed by atoms with Gasteiger partial charge in [-0.1, -0.05) is 25.1 Å². The summed E-state index contributed by atoms with van der Waals surface area (Å²) >= 11 is 0. The number of rotatable bonds is 3. The fourth-order valence-electron chi connectivity index (χ4n) is 2.79. The van der Waals surface area contributed by atoms with Crippen LogP contribution < -0.4 is 10.5 Å². The quantitative estimate of drug-likeness (QED) is 0.659. The molecule has 1 aliphatic rings. The van der Waals surface area contributed by atoms with Crippen molar-refractivity contribution in [1.82, 2.24) is 10.2 Å². The van der Waals surface area contributed by atoms with Crippen molar-refractivity contribution in [2.75, 3.05) is 0 Å². The third kappa shape index (κ3) is 2.19. The predicted octanol–water partition coefficient (Wildman–Crippen LogP) is 2.10. The van der Waals surface area contributed by atoms with Gasteiger partial charge in [0.1, 0.15) is 11.6 Å². The number of hydrogen-bond acceptors (Lipinski definition) is 6. The summed E-state index contributed by atoms with van der Waals surface area (Å²) in [4.78, 5) is 10.9. The number of para-hydroxylation sites is 1. The highest BCUT2D eigenvalue weighted by atomic mass is 16.6. The van der Waals surface area contributed by atoms with Crippen molar-refractivity contribution >= 4 is 5.69 Å². The second-order valence-electron chi connectivity index (χ2n) is 5.02. The molecule has 0 aliphatic carbocycles. The number of fused-ring (bicyclic) bond motifs is 1. The predicted molar refractivity (Wildman–Crippen MR) is 80.4 cm³/mol. The first kappa shape index (κ1) is 14.6. The molecule has 0 radical (unpaired) electrons. The molecule has 2 aromatic rings. The maximum absolute atomic E-state index is 11.4. The molecular weight excluding hydrogens is 298 g/mol. The van der Waals surface area contributed by atoms with Crippen molar-refractivity contribution in [2.45, 2.75) is 19.3 Å². The molecule has 0 unspecified atom stereocenters. The minimum absolute atomic E-state index is 0.0749. The Hall–Kier alpha value is -3.34. The zero-order chi connectivity index (χ0) is 16.6. The highest BCUT2D eigenvalue weighted by molar-refractivity contribution is 5.59. The van der Waals surface area contributed by atoms with E-state index in [1.807, 2.05) is 13.0 Å². The Balaban J connectivity index is 2.31. The van der Waals surface area contributed by atoms with Gasteiger partial charge in [-0.05, 0) is 6.42 Å². The number of H-pyrrole nitrogens is 1. The number of benzene rings is 1. The van der Waals surface area contributed by atoms with E-state index in [1.54, 1.807) is 18.2 Å². The second-order valence-corrected chi connectivity index (χ2v) is 5.02. The summed E-state index contributed by atoms with van der Waals surface area (Å²) in [6, 6.07) is 8.31. The number of aromatic nitrogens is 2. The van der Waals surface area contributed by atoms with Crippen LogP contribution in [-0.4, -0.2) is 15.1 Å². The van der Waals surface area contributed by atoms with Gasteiger partial charge in [0, 0.05) is 17.3 Å². The van der Waals surface area contributed by atoms with Gasteiger partial charge in [-0.15, -0.1) is 5.10 Å². The van der Waals surface area contributed by atoms with E-state index in [2.05, 4.69) is 10.2 Å². The van der Waals surface area contributed by atoms with Crippen LogP contribution >= 0.6 is 0 Å². The van der Waals surface area contributed by atoms with E-state index in [-0.39, 0.29) is 23.0 Å². The molecule has 0 amide bonds. The van der Waals surface area contributed by atoms with Crippen molar-refractivity contribution in [2.24, 2.45) is 5.73 Å². The van der Waals surface area contributed by atoms with Gasteiger partial charge in [-0.2, -0.15) is 5.26 Å². The number of nitro benzene ring substituents is 1. The van der Waals surface area contributed by atoms with Gasteiger partial charge in [0.05, 0.1) is 16.4 Å². The minimum atomic E-state index is -0.681. The molecule has 1 atom stereocenters. The van der Waals surface area contributed by atoms with Crippen LogP contribution in [0.1, 0.15) is 29.7 Å². The van der Waals surface area contributed by atoms with Crippen LogP contribution in [0.4, 0.5) is 5.69 Å². The smallest absolute Gasteiger partial charge is 0.273 e. The van der Waals surface area contributed by atoms with Gasteiger partial charge in [0.25, 0.3) is 5.69 Å². The fourth-order valence-corrected chi connectivity index (χ4v) is 2.79. The lowest BCUT2D eigenvalue weighted by Gasteiger charge is -2.23. The first-order valence-corrected chi connectivity index (χ1v) is 6.96. The minimum Gasteiger partial charge on any atom is -0.420 e. The Morgan fingerprint density at radius 2 is 2.26 bits per heavy atom. The van der Waals surface area contributed by atoms with Crippen LogP contribution in [0.15, 0.2) is 35.7 Å². The molecule has 1 aliphatic heterocycles. The van der Waals surface area contributed by atoms with Gasteiger partial charge in [0.15, 0.2) is 0 Å². The number of aryl methyl sites for hydroxylation is 1. The molecule has 0 fully saturated rings. The number of nitriles is 1. The molecule has 0 bridgehead atoms. The number of nitrogens with one attached hydrogen (secondary N) is 1. The molecule has 8 nitrogen and oxygen atoms in total. The van der Waals surface area contributed by atoms with Crippen LogP contribution in [0.3, 0.4) is 0 Å². The number of nitrogens with two attached hydrogens (primary N) is 1. The van der Waals surface area contributed by atoms with Crippen molar-refractivity contribution in [3.8, 4) is 11.9 Å². The standard InChI is InChI=1S/C15H13N5O3/c1-2-10-13-12(8-5-3-4-6-11(8)20(21)22)9(7-16)14(17)23-15(13)19-18-10/h3-6,12H,2,17H2,1H3,(H,18,19)/t12-/m0/s1. The first-order chi connectivity index (χ1) is 11.1. The fraction of sp³-hybridized carbons (Fsp3) is 0.200. The molecule has 3 N–H and O–H groups in total. The maximum atomic E-state index is 11.4. The molecule has 0 saturated carbocycles. The van der Waals surface area contributed by atoms with Crippen molar-refractivity contribution in [1.29, 1.82) is 5.26 Å². The van der Waals surface area contributed by atoms with E-state index in [0.717, 1.165) is 5.69 Å². The Morgan fingerprint density at radius 3 is 2.91 bits per heavy atom. The van der Waals surface area contributed by atoms with Gasteiger partial charge >= 0.3 is 0 Å². The summed E-state index contributed by atoms with van der Waals surface area (Å²) in [5, 5.41) is 27.7. The lowest BCUT2D eigenvalue weighted by Crippen LogP contribution is -2.21. The third-order valence-corrected chi connectivity index (χ3v) is 3.82. The van der Waals surface area contributed by atoms with Crippen LogP contribution in [0.2, 0.25) is 0 Å². The summed E-state index contributed by atoms with van der Waals surface area (Å²) < 4.78 is 5.39. The highest BCUT2D eigenvalue weighted by Crippen LogP contribution is 2.45. The molecule has 1 aromatic carbocycles. The van der Waals surface area contributed by atoms with Gasteiger partial charge in [0.2, 0.25) is 11.8 Å². The highest BCUT2D eigenvalue weighted by Gasteiger charge is 2.37. The molecule has 1 aromatic heterocycles. The summed E-state index contributed by atoms with van der Waals surface area (Å²) in [6.45, 7) is 1.91. The average Bonchev–Trinajstić information content (AvgIpc) is 2.95.